The molecule has 1 amide bonds. The van der Waals surface area contributed by atoms with Crippen molar-refractivity contribution < 1.29 is 4.79 Å². The topological polar surface area (TPSA) is 47.6 Å². The normalized spacial score (nSPS) is 22.7. The largest absolute Gasteiger partial charge is 0.352 e. The fourth-order valence-corrected chi connectivity index (χ4v) is 3.72. The van der Waals surface area contributed by atoms with Crippen molar-refractivity contribution in [3.63, 3.8) is 0 Å². The van der Waals surface area contributed by atoms with E-state index in [1.165, 1.54) is 18.4 Å². The molecule has 0 aliphatic carbocycles. The number of rotatable bonds is 6. The number of carbonyl (C=O) groups is 1. The Morgan fingerprint density at radius 3 is 2.64 bits per heavy atom. The van der Waals surface area contributed by atoms with Crippen LogP contribution in [0, 0.1) is 0 Å². The van der Waals surface area contributed by atoms with E-state index < -0.39 is 0 Å². The Kier molecular flexibility index (Phi) is 6.84. The summed E-state index contributed by atoms with van der Waals surface area (Å²) in [5, 5.41) is 6.51. The van der Waals surface area contributed by atoms with E-state index in [9.17, 15) is 4.79 Å². The van der Waals surface area contributed by atoms with Gasteiger partial charge < -0.3 is 20.4 Å². The molecule has 0 radical (unpaired) electrons. The molecule has 1 atom stereocenters. The fourth-order valence-electron chi connectivity index (χ4n) is 3.72. The Hall–Kier alpha value is -1.43. The summed E-state index contributed by atoms with van der Waals surface area (Å²) in [7, 11) is 2.17. The van der Waals surface area contributed by atoms with Gasteiger partial charge in [-0.05, 0) is 63.0 Å². The van der Waals surface area contributed by atoms with Crippen LogP contribution in [0.3, 0.4) is 0 Å². The molecule has 1 aromatic rings. The zero-order valence-electron chi connectivity index (χ0n) is 15.5. The molecule has 0 aromatic heterocycles. The second-order valence-corrected chi connectivity index (χ2v) is 7.42. The molecule has 1 aromatic carbocycles. The van der Waals surface area contributed by atoms with Crippen LogP contribution in [0.4, 0.5) is 0 Å². The molecular weight excluding hydrogens is 312 g/mol. The van der Waals surface area contributed by atoms with Gasteiger partial charge in [0.2, 0.25) is 0 Å². The zero-order chi connectivity index (χ0) is 17.5. The smallest absolute Gasteiger partial charge is 0.251 e. The molecule has 0 bridgehead atoms. The molecule has 2 fully saturated rings. The minimum atomic E-state index is 0.0479. The highest BCUT2D eigenvalue weighted by Crippen LogP contribution is 2.23. The second kappa shape index (κ2) is 9.32. The predicted octanol–water partition coefficient (Wildman–Crippen LogP) is 1.52. The first-order valence-electron chi connectivity index (χ1n) is 9.72. The van der Waals surface area contributed by atoms with Crippen LogP contribution in [0.15, 0.2) is 24.3 Å². The number of likely N-dealkylation sites (N-methyl/N-ethyl adjacent to an activating group) is 1. The number of piperidine rings is 1. The molecule has 0 saturated carbocycles. The summed E-state index contributed by atoms with van der Waals surface area (Å²) in [6, 6.07) is 8.19. The van der Waals surface area contributed by atoms with E-state index in [1.807, 2.05) is 12.1 Å². The highest BCUT2D eigenvalue weighted by Gasteiger charge is 2.16. The van der Waals surface area contributed by atoms with Crippen LogP contribution in [0.1, 0.15) is 41.1 Å². The minimum Gasteiger partial charge on any atom is -0.352 e. The van der Waals surface area contributed by atoms with Crippen molar-refractivity contribution in [2.45, 2.75) is 25.2 Å². The number of carbonyl (C=O) groups excluding carboxylic acids is 1. The summed E-state index contributed by atoms with van der Waals surface area (Å²) in [6.07, 6.45) is 3.49. The standard InChI is InChI=1S/C20H32N4O/c1-23-12-14-24(15-13-23)11-3-10-22-20(25)18-7-5-17(6-8-18)19-4-2-9-21-16-19/h5-8,19,21H,2-4,9-16H2,1H3,(H,22,25)/t19-/m0/s1. The maximum atomic E-state index is 12.3. The molecular formula is C20H32N4O. The van der Waals surface area contributed by atoms with Crippen LogP contribution in [0.25, 0.3) is 0 Å². The monoisotopic (exact) mass is 344 g/mol. The highest BCUT2D eigenvalue weighted by atomic mass is 16.1. The number of nitrogens with zero attached hydrogens (tertiary/aromatic N) is 2. The Bertz CT molecular complexity index is 531. The van der Waals surface area contributed by atoms with Crippen molar-refractivity contribution in [1.29, 1.82) is 0 Å². The van der Waals surface area contributed by atoms with Gasteiger partial charge in [0.1, 0.15) is 0 Å². The summed E-state index contributed by atoms with van der Waals surface area (Å²) in [5.74, 6) is 0.640. The third kappa shape index (κ3) is 5.53. The van der Waals surface area contributed by atoms with Gasteiger partial charge in [0, 0.05) is 44.8 Å². The number of benzene rings is 1. The van der Waals surface area contributed by atoms with Gasteiger partial charge in [-0.3, -0.25) is 4.79 Å². The number of nitrogens with one attached hydrogen (secondary N) is 2. The summed E-state index contributed by atoms with van der Waals surface area (Å²) >= 11 is 0. The molecule has 2 heterocycles. The van der Waals surface area contributed by atoms with E-state index >= 15 is 0 Å². The Morgan fingerprint density at radius 2 is 1.96 bits per heavy atom. The lowest BCUT2D eigenvalue weighted by Gasteiger charge is -2.32. The van der Waals surface area contributed by atoms with Crippen LogP contribution in [-0.2, 0) is 0 Å². The van der Waals surface area contributed by atoms with Gasteiger partial charge in [-0.2, -0.15) is 0 Å². The molecule has 25 heavy (non-hydrogen) atoms. The summed E-state index contributed by atoms with van der Waals surface area (Å²) in [4.78, 5) is 17.1. The quantitative estimate of drug-likeness (QED) is 0.768. The number of amides is 1. The average molecular weight is 345 g/mol. The first-order chi connectivity index (χ1) is 12.2. The van der Waals surface area contributed by atoms with Gasteiger partial charge >= 0.3 is 0 Å². The molecule has 0 spiro atoms. The van der Waals surface area contributed by atoms with Crippen molar-refractivity contribution in [3.8, 4) is 0 Å². The van der Waals surface area contributed by atoms with E-state index in [1.54, 1.807) is 0 Å². The predicted molar refractivity (Wildman–Crippen MR) is 102 cm³/mol. The van der Waals surface area contributed by atoms with Crippen molar-refractivity contribution >= 4 is 5.91 Å². The third-order valence-electron chi connectivity index (χ3n) is 5.47. The summed E-state index contributed by atoms with van der Waals surface area (Å²) < 4.78 is 0. The lowest BCUT2D eigenvalue weighted by molar-refractivity contribution is 0.0949. The molecule has 0 unspecified atom stereocenters. The van der Waals surface area contributed by atoms with E-state index in [0.717, 1.165) is 64.3 Å². The average Bonchev–Trinajstić information content (AvgIpc) is 2.67. The van der Waals surface area contributed by atoms with Crippen LogP contribution in [-0.4, -0.2) is 75.1 Å². The van der Waals surface area contributed by atoms with Crippen LogP contribution in [0.2, 0.25) is 0 Å². The van der Waals surface area contributed by atoms with Crippen molar-refractivity contribution in [2.75, 3.05) is 59.4 Å². The molecule has 2 aliphatic heterocycles. The van der Waals surface area contributed by atoms with Crippen LogP contribution in [0.5, 0.6) is 0 Å². The van der Waals surface area contributed by atoms with Crippen LogP contribution >= 0.6 is 0 Å². The van der Waals surface area contributed by atoms with Gasteiger partial charge in [-0.15, -0.1) is 0 Å². The second-order valence-electron chi connectivity index (χ2n) is 7.42. The molecule has 2 N–H and O–H groups in total. The summed E-state index contributed by atoms with van der Waals surface area (Å²) in [5.41, 5.74) is 2.12. The van der Waals surface area contributed by atoms with Crippen molar-refractivity contribution in [1.82, 2.24) is 20.4 Å². The molecule has 138 valence electrons. The number of hydrogen-bond donors (Lipinski definition) is 2. The molecule has 3 rings (SSSR count). The Morgan fingerprint density at radius 1 is 1.20 bits per heavy atom. The maximum Gasteiger partial charge on any atom is 0.251 e. The van der Waals surface area contributed by atoms with E-state index in [4.69, 9.17) is 0 Å². The maximum absolute atomic E-state index is 12.3. The third-order valence-corrected chi connectivity index (χ3v) is 5.47. The van der Waals surface area contributed by atoms with E-state index in [0.29, 0.717) is 5.92 Å². The first kappa shape index (κ1) is 18.4. The number of hydrogen-bond acceptors (Lipinski definition) is 4. The summed E-state index contributed by atoms with van der Waals surface area (Å²) in [6.45, 7) is 8.58. The van der Waals surface area contributed by atoms with Gasteiger partial charge in [-0.25, -0.2) is 0 Å². The van der Waals surface area contributed by atoms with Gasteiger partial charge in [0.05, 0.1) is 0 Å². The van der Waals surface area contributed by atoms with Gasteiger partial charge in [0.15, 0.2) is 0 Å². The SMILES string of the molecule is CN1CCN(CCCNC(=O)c2ccc([C@H]3CCCNC3)cc2)CC1. The lowest BCUT2D eigenvalue weighted by atomic mass is 9.91. The van der Waals surface area contributed by atoms with E-state index in [-0.39, 0.29) is 5.91 Å². The Labute approximate surface area is 151 Å². The molecule has 5 heteroatoms. The number of piperazine rings is 1. The van der Waals surface area contributed by atoms with Crippen LogP contribution < -0.4 is 10.6 Å². The van der Waals surface area contributed by atoms with E-state index in [2.05, 4.69) is 39.6 Å². The fraction of sp³-hybridized carbons (Fsp3) is 0.650. The first-order valence-corrected chi connectivity index (χ1v) is 9.72. The zero-order valence-corrected chi connectivity index (χ0v) is 15.5. The molecule has 2 saturated heterocycles. The minimum absolute atomic E-state index is 0.0479. The molecule has 5 nitrogen and oxygen atoms in total. The highest BCUT2D eigenvalue weighted by molar-refractivity contribution is 5.94. The lowest BCUT2D eigenvalue weighted by Crippen LogP contribution is -2.45. The van der Waals surface area contributed by atoms with Gasteiger partial charge in [0.25, 0.3) is 5.91 Å². The van der Waals surface area contributed by atoms with Crippen molar-refractivity contribution in [2.24, 2.45) is 0 Å². The molecule has 2 aliphatic rings. The van der Waals surface area contributed by atoms with Gasteiger partial charge in [-0.1, -0.05) is 12.1 Å². The Balaban J connectivity index is 1.37. The van der Waals surface area contributed by atoms with Crippen molar-refractivity contribution in [3.05, 3.63) is 35.4 Å².